The van der Waals surface area contributed by atoms with Gasteiger partial charge in [-0.1, -0.05) is 182 Å². The van der Waals surface area contributed by atoms with Gasteiger partial charge in [0.2, 0.25) is 0 Å². The van der Waals surface area contributed by atoms with Gasteiger partial charge in [0.15, 0.2) is 0 Å². The lowest BCUT2D eigenvalue weighted by Crippen LogP contribution is -2.11. The highest BCUT2D eigenvalue weighted by Crippen LogP contribution is 2.49. The number of aryl methyl sites for hydroxylation is 1. The molecular weight excluding hydrogens is 821 g/mol. The van der Waals surface area contributed by atoms with Crippen molar-refractivity contribution in [2.45, 2.75) is 12.8 Å². The van der Waals surface area contributed by atoms with Crippen molar-refractivity contribution in [2.75, 3.05) is 9.80 Å². The van der Waals surface area contributed by atoms with Crippen LogP contribution in [0.3, 0.4) is 0 Å². The summed E-state index contributed by atoms with van der Waals surface area (Å²) in [4.78, 5) is 4.89. The zero-order chi connectivity index (χ0) is 45.0. The molecule has 1 aliphatic carbocycles. The Kier molecular flexibility index (Phi) is 9.68. The molecule has 0 spiro atoms. The summed E-state index contributed by atoms with van der Waals surface area (Å²) in [7, 11) is 0. The first-order valence-corrected chi connectivity index (χ1v) is 23.7. The van der Waals surface area contributed by atoms with Gasteiger partial charge in [-0.2, -0.15) is 0 Å². The summed E-state index contributed by atoms with van der Waals surface area (Å²) in [5, 5.41) is 12.1. The van der Waals surface area contributed by atoms with E-state index in [2.05, 4.69) is 265 Å². The molecule has 0 amide bonds. The first-order chi connectivity index (χ1) is 33.7. The number of hydrogen-bond donors (Lipinski definition) is 0. The summed E-state index contributed by atoms with van der Waals surface area (Å²) in [6.45, 7) is 0. The van der Waals surface area contributed by atoms with E-state index in [4.69, 9.17) is 0 Å². The van der Waals surface area contributed by atoms with E-state index in [9.17, 15) is 0 Å². The predicted molar refractivity (Wildman–Crippen MR) is 292 cm³/mol. The van der Waals surface area contributed by atoms with E-state index in [0.29, 0.717) is 0 Å². The van der Waals surface area contributed by atoms with Crippen LogP contribution >= 0.6 is 0 Å². The Bertz CT molecular complexity index is 3850. The topological polar surface area (TPSA) is 6.48 Å². The summed E-state index contributed by atoms with van der Waals surface area (Å²) in [5.41, 5.74) is 14.2. The van der Waals surface area contributed by atoms with Crippen LogP contribution in [0.1, 0.15) is 17.5 Å². The summed E-state index contributed by atoms with van der Waals surface area (Å²) >= 11 is 0. The Morgan fingerprint density at radius 1 is 0.279 bits per heavy atom. The van der Waals surface area contributed by atoms with Gasteiger partial charge >= 0.3 is 0 Å². The third-order valence-corrected chi connectivity index (χ3v) is 14.0. The zero-order valence-corrected chi connectivity index (χ0v) is 37.6. The number of fused-ring (bicyclic) bond motifs is 6. The van der Waals surface area contributed by atoms with Crippen molar-refractivity contribution in [3.05, 3.63) is 260 Å². The second-order valence-electron chi connectivity index (χ2n) is 18.0. The van der Waals surface area contributed by atoms with Crippen LogP contribution < -0.4 is 9.80 Å². The standard InChI is InChI=1S/C66H46N2/c1-3-19-49(20-4-1)65-61-37-35-60(68(57-33-29-47-17-9-13-25-53(47)41-57)58-34-30-48-18-10-14-26-54(48)42-58)44-64(61)66(50-21-5-2-6-22-50)62-38-36-59(43-63(62)65)67(55-31-27-45-15-7-11-23-51(45)39-55)56-32-28-46-16-8-12-24-52(46)40-56/h1-13,15-25,27-44H,14,26H2. The van der Waals surface area contributed by atoms with E-state index in [1.54, 1.807) is 0 Å². The summed E-state index contributed by atoms with van der Waals surface area (Å²) < 4.78 is 0. The molecule has 0 saturated carbocycles. The fourth-order valence-corrected chi connectivity index (χ4v) is 10.7. The molecule has 1 aliphatic rings. The molecule has 0 aliphatic heterocycles. The third-order valence-electron chi connectivity index (χ3n) is 14.0. The lowest BCUT2D eigenvalue weighted by atomic mass is 9.85. The van der Waals surface area contributed by atoms with Gasteiger partial charge in [-0.25, -0.2) is 0 Å². The molecule has 0 heterocycles. The van der Waals surface area contributed by atoms with E-state index in [-0.39, 0.29) is 0 Å². The largest absolute Gasteiger partial charge is 0.310 e. The van der Waals surface area contributed by atoms with Gasteiger partial charge in [0.1, 0.15) is 0 Å². The zero-order valence-electron chi connectivity index (χ0n) is 37.6. The molecule has 0 radical (unpaired) electrons. The Balaban J connectivity index is 1.09. The molecule has 0 unspecified atom stereocenters. The van der Waals surface area contributed by atoms with Gasteiger partial charge in [-0.05, 0) is 173 Å². The van der Waals surface area contributed by atoms with Gasteiger partial charge < -0.3 is 9.80 Å². The molecule has 12 aromatic carbocycles. The van der Waals surface area contributed by atoms with E-state index in [0.717, 1.165) is 47.0 Å². The normalized spacial score (nSPS) is 12.2. The van der Waals surface area contributed by atoms with Crippen molar-refractivity contribution in [3.8, 4) is 22.3 Å². The van der Waals surface area contributed by atoms with E-state index >= 15 is 0 Å². The minimum atomic E-state index is 1.04. The molecule has 0 N–H and O–H groups in total. The highest BCUT2D eigenvalue weighted by Gasteiger charge is 2.23. The minimum Gasteiger partial charge on any atom is -0.310 e. The summed E-state index contributed by atoms with van der Waals surface area (Å²) in [5.74, 6) is 0. The number of benzene rings is 12. The number of rotatable bonds is 8. The monoisotopic (exact) mass is 866 g/mol. The average molecular weight is 867 g/mol. The maximum absolute atomic E-state index is 2.46. The van der Waals surface area contributed by atoms with Crippen molar-refractivity contribution >= 4 is 94.1 Å². The second-order valence-corrected chi connectivity index (χ2v) is 18.0. The highest BCUT2D eigenvalue weighted by atomic mass is 15.1. The fourth-order valence-electron chi connectivity index (χ4n) is 10.7. The first kappa shape index (κ1) is 39.6. The number of allylic oxidation sites excluding steroid dienone is 1. The lowest BCUT2D eigenvalue weighted by Gasteiger charge is -2.29. The van der Waals surface area contributed by atoms with Crippen molar-refractivity contribution in [3.63, 3.8) is 0 Å². The molecule has 0 bridgehead atoms. The number of anilines is 6. The van der Waals surface area contributed by atoms with Crippen LogP contribution in [-0.4, -0.2) is 0 Å². The second kappa shape index (κ2) is 16.6. The summed E-state index contributed by atoms with van der Waals surface area (Å²) in [6.07, 6.45) is 6.66. The molecule has 320 valence electrons. The van der Waals surface area contributed by atoms with Crippen LogP contribution in [0, 0.1) is 0 Å². The van der Waals surface area contributed by atoms with Crippen LogP contribution in [0.4, 0.5) is 34.1 Å². The molecule has 12 aromatic rings. The van der Waals surface area contributed by atoms with E-state index in [1.807, 2.05) is 0 Å². The van der Waals surface area contributed by atoms with Crippen LogP contribution in [0.5, 0.6) is 0 Å². The fraction of sp³-hybridized carbons (Fsp3) is 0.0303. The number of hydrogen-bond acceptors (Lipinski definition) is 2. The molecule has 0 saturated heterocycles. The SMILES string of the molecule is C1=Cc2ccc(N(c3ccc4ccccc4c3)c3ccc4c(-c5ccccc5)c5cc(N(c6ccc7ccccc7c6)c6ccc7ccccc7c6)ccc5c(-c5ccccc5)c4c3)cc2CC1. The van der Waals surface area contributed by atoms with Gasteiger partial charge in [0, 0.05) is 34.1 Å². The molecule has 13 rings (SSSR count). The smallest absolute Gasteiger partial charge is 0.0468 e. The molecule has 68 heavy (non-hydrogen) atoms. The third kappa shape index (κ3) is 6.98. The van der Waals surface area contributed by atoms with Crippen LogP contribution in [0.15, 0.2) is 249 Å². The minimum absolute atomic E-state index is 1.04. The van der Waals surface area contributed by atoms with Crippen LogP contribution in [-0.2, 0) is 6.42 Å². The van der Waals surface area contributed by atoms with Crippen molar-refractivity contribution < 1.29 is 0 Å². The Morgan fingerprint density at radius 3 is 1.10 bits per heavy atom. The highest BCUT2D eigenvalue weighted by molar-refractivity contribution is 6.22. The van der Waals surface area contributed by atoms with Gasteiger partial charge in [-0.3, -0.25) is 0 Å². The van der Waals surface area contributed by atoms with Crippen LogP contribution in [0.25, 0.3) is 82.2 Å². The quantitative estimate of drug-likeness (QED) is 0.140. The maximum Gasteiger partial charge on any atom is 0.0468 e. The Morgan fingerprint density at radius 2 is 0.647 bits per heavy atom. The predicted octanol–water partition coefficient (Wildman–Crippen LogP) is 18.7. The molecule has 0 aromatic heterocycles. The Labute approximate surface area is 396 Å². The summed E-state index contributed by atoms with van der Waals surface area (Å²) in [6, 6.07) is 89.8. The lowest BCUT2D eigenvalue weighted by molar-refractivity contribution is 0.984. The molecular formula is C66H46N2. The van der Waals surface area contributed by atoms with Crippen molar-refractivity contribution in [1.29, 1.82) is 0 Å². The first-order valence-electron chi connectivity index (χ1n) is 23.7. The van der Waals surface area contributed by atoms with Crippen molar-refractivity contribution in [1.82, 2.24) is 0 Å². The molecule has 0 atom stereocenters. The molecule has 0 fully saturated rings. The average Bonchev–Trinajstić information content (AvgIpc) is 3.40. The van der Waals surface area contributed by atoms with E-state index in [1.165, 1.54) is 87.2 Å². The molecule has 2 nitrogen and oxygen atoms in total. The van der Waals surface area contributed by atoms with E-state index < -0.39 is 0 Å². The van der Waals surface area contributed by atoms with Crippen molar-refractivity contribution in [2.24, 2.45) is 0 Å². The van der Waals surface area contributed by atoms with Gasteiger partial charge in [0.05, 0.1) is 0 Å². The molecule has 2 heteroatoms. The number of nitrogens with zero attached hydrogens (tertiary/aromatic N) is 2. The maximum atomic E-state index is 2.46. The van der Waals surface area contributed by atoms with Gasteiger partial charge in [0.25, 0.3) is 0 Å². The van der Waals surface area contributed by atoms with Crippen LogP contribution in [0.2, 0.25) is 0 Å². The Hall–Kier alpha value is -8.72. The van der Waals surface area contributed by atoms with Gasteiger partial charge in [-0.15, -0.1) is 0 Å².